The first kappa shape index (κ1) is 9.71. The quantitative estimate of drug-likeness (QED) is 0.626. The van der Waals surface area contributed by atoms with Crippen LogP contribution < -0.4 is 0 Å². The van der Waals surface area contributed by atoms with Crippen molar-refractivity contribution in [2.24, 2.45) is 5.92 Å². The summed E-state index contributed by atoms with van der Waals surface area (Å²) in [5.74, 6) is 0.373. The lowest BCUT2D eigenvalue weighted by molar-refractivity contribution is -0.144. The number of rotatable bonds is 2. The van der Waals surface area contributed by atoms with Crippen LogP contribution in [0.15, 0.2) is 12.7 Å². The Hall–Kier alpha value is -0.830. The Bertz CT molecular complexity index is 272. The van der Waals surface area contributed by atoms with Crippen LogP contribution in [0.1, 0.15) is 26.7 Å². The minimum atomic E-state index is -0.405. The Morgan fingerprint density at radius 3 is 3.00 bits per heavy atom. The van der Waals surface area contributed by atoms with Gasteiger partial charge in [0.15, 0.2) is 0 Å². The van der Waals surface area contributed by atoms with Gasteiger partial charge >= 0.3 is 0 Å². The zero-order valence-electron chi connectivity index (χ0n) is 8.82. The highest BCUT2D eigenvalue weighted by Crippen LogP contribution is 2.38. The Morgan fingerprint density at radius 1 is 1.71 bits per heavy atom. The molecule has 0 aromatic carbocycles. The second-order valence-electron chi connectivity index (χ2n) is 4.58. The summed E-state index contributed by atoms with van der Waals surface area (Å²) in [5, 5.41) is 0. The smallest absolute Gasteiger partial charge is 0.228 e. The standard InChI is InChI=1S/C11H17NO2/c1-4-5-8-6-9-7-14-11(2,3)12(9)10(8)13/h4,8-9H,1,5-7H2,2-3H3. The summed E-state index contributed by atoms with van der Waals surface area (Å²) < 4.78 is 5.58. The van der Waals surface area contributed by atoms with E-state index in [4.69, 9.17) is 4.74 Å². The van der Waals surface area contributed by atoms with E-state index in [-0.39, 0.29) is 11.8 Å². The fraction of sp³-hybridized carbons (Fsp3) is 0.727. The molecule has 78 valence electrons. The molecule has 0 spiro atoms. The average molecular weight is 195 g/mol. The molecular formula is C11H17NO2. The molecular weight excluding hydrogens is 178 g/mol. The number of hydrogen-bond donors (Lipinski definition) is 0. The van der Waals surface area contributed by atoms with Crippen molar-refractivity contribution < 1.29 is 9.53 Å². The van der Waals surface area contributed by atoms with Gasteiger partial charge in [-0.2, -0.15) is 0 Å². The van der Waals surface area contributed by atoms with Crippen LogP contribution in [0, 0.1) is 5.92 Å². The van der Waals surface area contributed by atoms with Crippen LogP contribution in [0.3, 0.4) is 0 Å². The van der Waals surface area contributed by atoms with Gasteiger partial charge < -0.3 is 9.64 Å². The summed E-state index contributed by atoms with van der Waals surface area (Å²) in [6.45, 7) is 8.29. The van der Waals surface area contributed by atoms with Crippen molar-refractivity contribution in [2.45, 2.75) is 38.5 Å². The summed E-state index contributed by atoms with van der Waals surface area (Å²) in [7, 11) is 0. The summed E-state index contributed by atoms with van der Waals surface area (Å²) >= 11 is 0. The van der Waals surface area contributed by atoms with Gasteiger partial charge in [-0.1, -0.05) is 6.08 Å². The molecule has 0 bridgehead atoms. The van der Waals surface area contributed by atoms with Crippen LogP contribution in [0.25, 0.3) is 0 Å². The van der Waals surface area contributed by atoms with E-state index in [1.165, 1.54) is 0 Å². The van der Waals surface area contributed by atoms with E-state index in [9.17, 15) is 4.79 Å². The van der Waals surface area contributed by atoms with Gasteiger partial charge in [0.05, 0.1) is 12.6 Å². The Balaban J connectivity index is 2.17. The van der Waals surface area contributed by atoms with E-state index in [2.05, 4.69) is 6.58 Å². The van der Waals surface area contributed by atoms with Crippen molar-refractivity contribution >= 4 is 5.91 Å². The van der Waals surface area contributed by atoms with Crippen LogP contribution in [-0.2, 0) is 9.53 Å². The Labute approximate surface area is 84.7 Å². The zero-order chi connectivity index (χ0) is 10.3. The van der Waals surface area contributed by atoms with E-state index in [1.807, 2.05) is 24.8 Å². The molecule has 3 nitrogen and oxygen atoms in total. The maximum Gasteiger partial charge on any atom is 0.228 e. The summed E-state index contributed by atoms with van der Waals surface area (Å²) in [6.07, 6.45) is 3.55. The SMILES string of the molecule is C=CCC1CC2COC(C)(C)N2C1=O. The second-order valence-corrected chi connectivity index (χ2v) is 4.58. The molecule has 0 aliphatic carbocycles. The number of ether oxygens (including phenoxy) is 1. The van der Waals surface area contributed by atoms with Gasteiger partial charge in [0.2, 0.25) is 5.91 Å². The largest absolute Gasteiger partial charge is 0.354 e. The second kappa shape index (κ2) is 3.09. The fourth-order valence-electron chi connectivity index (χ4n) is 2.53. The molecule has 2 aliphatic rings. The fourth-order valence-corrected chi connectivity index (χ4v) is 2.53. The average Bonchev–Trinajstić information content (AvgIpc) is 2.55. The van der Waals surface area contributed by atoms with E-state index in [1.54, 1.807) is 0 Å². The van der Waals surface area contributed by atoms with Crippen LogP contribution in [0.4, 0.5) is 0 Å². The number of allylic oxidation sites excluding steroid dienone is 1. The molecule has 2 rings (SSSR count). The van der Waals surface area contributed by atoms with Gasteiger partial charge in [-0.15, -0.1) is 6.58 Å². The zero-order valence-corrected chi connectivity index (χ0v) is 8.82. The molecule has 0 radical (unpaired) electrons. The topological polar surface area (TPSA) is 29.5 Å². The number of hydrogen-bond acceptors (Lipinski definition) is 2. The predicted octanol–water partition coefficient (Wildman–Crippen LogP) is 1.55. The third kappa shape index (κ3) is 1.27. The molecule has 14 heavy (non-hydrogen) atoms. The molecule has 2 atom stereocenters. The normalized spacial score (nSPS) is 34.7. The van der Waals surface area contributed by atoms with Crippen molar-refractivity contribution in [3.8, 4) is 0 Å². The van der Waals surface area contributed by atoms with Gasteiger partial charge in [-0.3, -0.25) is 4.79 Å². The third-order valence-electron chi connectivity index (χ3n) is 3.17. The third-order valence-corrected chi connectivity index (χ3v) is 3.17. The lowest BCUT2D eigenvalue weighted by atomic mass is 10.0. The van der Waals surface area contributed by atoms with E-state index >= 15 is 0 Å². The van der Waals surface area contributed by atoms with E-state index < -0.39 is 5.72 Å². The van der Waals surface area contributed by atoms with Gasteiger partial charge in [0.1, 0.15) is 5.72 Å². The Morgan fingerprint density at radius 2 is 2.43 bits per heavy atom. The molecule has 0 N–H and O–H groups in total. The molecule has 2 unspecified atom stereocenters. The van der Waals surface area contributed by atoms with Crippen LogP contribution in [0.5, 0.6) is 0 Å². The summed E-state index contributed by atoms with van der Waals surface area (Å²) in [6, 6.07) is 0.294. The molecule has 3 heteroatoms. The first-order valence-corrected chi connectivity index (χ1v) is 5.14. The lowest BCUT2D eigenvalue weighted by Gasteiger charge is -2.29. The number of amides is 1. The maximum absolute atomic E-state index is 12.0. The lowest BCUT2D eigenvalue weighted by Crippen LogP contribution is -2.44. The molecule has 2 aliphatic heterocycles. The van der Waals surface area contributed by atoms with Crippen molar-refractivity contribution in [1.82, 2.24) is 4.90 Å². The van der Waals surface area contributed by atoms with Gasteiger partial charge in [-0.05, 0) is 26.7 Å². The number of carbonyl (C=O) groups is 1. The predicted molar refractivity (Wildman–Crippen MR) is 53.6 cm³/mol. The van der Waals surface area contributed by atoms with E-state index in [0.717, 1.165) is 12.8 Å². The molecule has 2 fully saturated rings. The monoisotopic (exact) mass is 195 g/mol. The minimum Gasteiger partial charge on any atom is -0.354 e. The molecule has 2 saturated heterocycles. The highest BCUT2D eigenvalue weighted by Gasteiger charge is 2.50. The van der Waals surface area contributed by atoms with Crippen molar-refractivity contribution in [2.75, 3.05) is 6.61 Å². The first-order chi connectivity index (χ1) is 6.56. The summed E-state index contributed by atoms with van der Waals surface area (Å²) in [5.41, 5.74) is -0.405. The number of nitrogens with zero attached hydrogens (tertiary/aromatic N) is 1. The number of fused-ring (bicyclic) bond motifs is 1. The first-order valence-electron chi connectivity index (χ1n) is 5.14. The summed E-state index contributed by atoms with van der Waals surface area (Å²) in [4.78, 5) is 13.9. The molecule has 1 amide bonds. The van der Waals surface area contributed by atoms with Crippen molar-refractivity contribution in [3.05, 3.63) is 12.7 Å². The molecule has 0 saturated carbocycles. The van der Waals surface area contributed by atoms with Gasteiger partial charge in [0, 0.05) is 5.92 Å². The van der Waals surface area contributed by atoms with Gasteiger partial charge in [-0.25, -0.2) is 0 Å². The van der Waals surface area contributed by atoms with Crippen molar-refractivity contribution in [1.29, 1.82) is 0 Å². The Kier molecular flexibility index (Phi) is 2.14. The highest BCUT2D eigenvalue weighted by atomic mass is 16.5. The van der Waals surface area contributed by atoms with Crippen LogP contribution in [0.2, 0.25) is 0 Å². The highest BCUT2D eigenvalue weighted by molar-refractivity contribution is 5.82. The number of carbonyl (C=O) groups excluding carboxylic acids is 1. The van der Waals surface area contributed by atoms with Crippen molar-refractivity contribution in [3.63, 3.8) is 0 Å². The molecule has 2 heterocycles. The van der Waals surface area contributed by atoms with E-state index in [0.29, 0.717) is 12.6 Å². The molecule has 0 aromatic heterocycles. The van der Waals surface area contributed by atoms with Crippen LogP contribution in [-0.4, -0.2) is 29.2 Å². The van der Waals surface area contributed by atoms with Crippen LogP contribution >= 0.6 is 0 Å². The minimum absolute atomic E-state index is 0.140. The van der Waals surface area contributed by atoms with Gasteiger partial charge in [0.25, 0.3) is 0 Å². The maximum atomic E-state index is 12.0. The molecule has 0 aromatic rings.